The van der Waals surface area contributed by atoms with Gasteiger partial charge in [-0.25, -0.2) is 4.39 Å². The lowest BCUT2D eigenvalue weighted by Crippen LogP contribution is -2.18. The third-order valence-electron chi connectivity index (χ3n) is 3.08. The summed E-state index contributed by atoms with van der Waals surface area (Å²) in [6.07, 6.45) is 0. The normalized spacial score (nSPS) is 12.2. The number of hydrogen-bond acceptors (Lipinski definition) is 2. The Bertz CT molecular complexity index is 588. The maximum atomic E-state index is 13.7. The first kappa shape index (κ1) is 15.0. The van der Waals surface area contributed by atoms with E-state index in [0.29, 0.717) is 11.1 Å². The van der Waals surface area contributed by atoms with Crippen molar-refractivity contribution in [3.05, 3.63) is 63.9 Å². The minimum Gasteiger partial charge on any atom is -0.494 e. The Morgan fingerprint density at radius 1 is 1.25 bits per heavy atom. The van der Waals surface area contributed by atoms with Crippen molar-refractivity contribution < 1.29 is 9.13 Å². The molecule has 0 saturated carbocycles. The molecule has 0 amide bonds. The Kier molecular flexibility index (Phi) is 5.15. The van der Waals surface area contributed by atoms with Crippen LogP contribution in [0.15, 0.2) is 46.9 Å². The molecule has 0 saturated heterocycles. The van der Waals surface area contributed by atoms with Gasteiger partial charge in [0.1, 0.15) is 11.6 Å². The van der Waals surface area contributed by atoms with Gasteiger partial charge in [0, 0.05) is 0 Å². The van der Waals surface area contributed by atoms with Gasteiger partial charge in [-0.2, -0.15) is 0 Å². The molecule has 0 heterocycles. The van der Waals surface area contributed by atoms with E-state index in [4.69, 9.17) is 4.74 Å². The number of hydrogen-bond donors (Lipinski definition) is 1. The Hall–Kier alpha value is -1.39. The molecule has 4 heteroatoms. The lowest BCUT2D eigenvalue weighted by molar-refractivity contribution is 0.339. The highest BCUT2D eigenvalue weighted by molar-refractivity contribution is 9.10. The summed E-state index contributed by atoms with van der Waals surface area (Å²) in [5.41, 5.74) is 1.89. The first-order chi connectivity index (χ1) is 9.67. The molecule has 0 spiro atoms. The molecule has 0 radical (unpaired) electrons. The maximum absolute atomic E-state index is 13.7. The average Bonchev–Trinajstić information content (AvgIpc) is 2.45. The van der Waals surface area contributed by atoms with E-state index in [1.54, 1.807) is 6.07 Å². The smallest absolute Gasteiger partial charge is 0.137 e. The van der Waals surface area contributed by atoms with E-state index in [9.17, 15) is 4.39 Å². The van der Waals surface area contributed by atoms with Crippen LogP contribution in [0.2, 0.25) is 0 Å². The molecule has 2 rings (SSSR count). The van der Waals surface area contributed by atoms with E-state index in [-0.39, 0.29) is 11.9 Å². The van der Waals surface area contributed by atoms with E-state index in [1.165, 1.54) is 6.07 Å². The third-order valence-corrected chi connectivity index (χ3v) is 3.92. The average molecular weight is 338 g/mol. The lowest BCUT2D eigenvalue weighted by atomic mass is 9.98. The summed E-state index contributed by atoms with van der Waals surface area (Å²) >= 11 is 3.32. The number of ether oxygens (including phenoxy) is 1. The predicted octanol–water partition coefficient (Wildman–Crippen LogP) is 4.30. The van der Waals surface area contributed by atoms with Gasteiger partial charge in [0.15, 0.2) is 0 Å². The molecule has 0 fully saturated rings. The van der Waals surface area contributed by atoms with Crippen LogP contribution in [0.5, 0.6) is 5.75 Å². The predicted molar refractivity (Wildman–Crippen MR) is 82.6 cm³/mol. The second kappa shape index (κ2) is 6.86. The summed E-state index contributed by atoms with van der Waals surface area (Å²) in [5.74, 6) is 0.557. The molecule has 20 heavy (non-hydrogen) atoms. The number of rotatable bonds is 5. The Labute approximate surface area is 127 Å². The molecular weight excluding hydrogens is 321 g/mol. The number of nitrogens with one attached hydrogen (secondary N) is 1. The van der Waals surface area contributed by atoms with Crippen LogP contribution in [-0.2, 0) is 0 Å². The van der Waals surface area contributed by atoms with Crippen LogP contribution in [0, 0.1) is 5.82 Å². The van der Waals surface area contributed by atoms with Gasteiger partial charge in [0.25, 0.3) is 0 Å². The molecule has 1 atom stereocenters. The SMILES string of the molecule is CCOc1cccc(C(NC)c2cccc(F)c2Br)c1. The maximum Gasteiger partial charge on any atom is 0.137 e. The molecule has 2 aromatic carbocycles. The third kappa shape index (κ3) is 3.19. The van der Waals surface area contributed by atoms with Crippen LogP contribution in [0.25, 0.3) is 0 Å². The fourth-order valence-electron chi connectivity index (χ4n) is 2.20. The van der Waals surface area contributed by atoms with Gasteiger partial charge in [0.2, 0.25) is 0 Å². The van der Waals surface area contributed by atoms with Gasteiger partial charge < -0.3 is 10.1 Å². The summed E-state index contributed by atoms with van der Waals surface area (Å²) < 4.78 is 19.7. The minimum absolute atomic E-state index is 0.0968. The van der Waals surface area contributed by atoms with Crippen LogP contribution >= 0.6 is 15.9 Å². The highest BCUT2D eigenvalue weighted by Gasteiger charge is 2.17. The summed E-state index contributed by atoms with van der Waals surface area (Å²) in [6, 6.07) is 12.8. The van der Waals surface area contributed by atoms with Gasteiger partial charge in [0.05, 0.1) is 17.1 Å². The van der Waals surface area contributed by atoms with Crippen molar-refractivity contribution >= 4 is 15.9 Å². The standard InChI is InChI=1S/C16H17BrFNO/c1-3-20-12-7-4-6-11(10-12)16(19-2)13-8-5-9-14(18)15(13)17/h4-10,16,19H,3H2,1-2H3. The molecule has 0 bridgehead atoms. The van der Waals surface area contributed by atoms with Crippen molar-refractivity contribution in [2.24, 2.45) is 0 Å². The minimum atomic E-state index is -0.260. The van der Waals surface area contributed by atoms with Gasteiger partial charge in [-0.05, 0) is 59.2 Å². The summed E-state index contributed by atoms with van der Waals surface area (Å²) in [7, 11) is 1.86. The van der Waals surface area contributed by atoms with Crippen LogP contribution in [-0.4, -0.2) is 13.7 Å². The van der Waals surface area contributed by atoms with Crippen molar-refractivity contribution in [2.75, 3.05) is 13.7 Å². The highest BCUT2D eigenvalue weighted by Crippen LogP contribution is 2.31. The zero-order chi connectivity index (χ0) is 14.5. The van der Waals surface area contributed by atoms with E-state index < -0.39 is 0 Å². The quantitative estimate of drug-likeness (QED) is 0.878. The van der Waals surface area contributed by atoms with Gasteiger partial charge in [-0.15, -0.1) is 0 Å². The van der Waals surface area contributed by atoms with E-state index in [1.807, 2.05) is 44.3 Å². The van der Waals surface area contributed by atoms with Crippen LogP contribution in [0.1, 0.15) is 24.1 Å². The molecule has 1 N–H and O–H groups in total. The molecule has 0 aromatic heterocycles. The van der Waals surface area contributed by atoms with E-state index in [0.717, 1.165) is 16.9 Å². The second-order valence-electron chi connectivity index (χ2n) is 4.37. The van der Waals surface area contributed by atoms with Gasteiger partial charge in [-0.3, -0.25) is 0 Å². The monoisotopic (exact) mass is 337 g/mol. The van der Waals surface area contributed by atoms with Gasteiger partial charge in [-0.1, -0.05) is 24.3 Å². The first-order valence-electron chi connectivity index (χ1n) is 6.51. The fourth-order valence-corrected chi connectivity index (χ4v) is 2.69. The van der Waals surface area contributed by atoms with Crippen LogP contribution in [0.4, 0.5) is 4.39 Å². The number of benzene rings is 2. The zero-order valence-corrected chi connectivity index (χ0v) is 13.1. The molecule has 0 aliphatic heterocycles. The Morgan fingerprint density at radius 3 is 2.70 bits per heavy atom. The number of halogens is 2. The van der Waals surface area contributed by atoms with E-state index >= 15 is 0 Å². The zero-order valence-electron chi connectivity index (χ0n) is 11.5. The molecule has 2 aromatic rings. The fraction of sp³-hybridized carbons (Fsp3) is 0.250. The van der Waals surface area contributed by atoms with Crippen molar-refractivity contribution in [3.8, 4) is 5.75 Å². The molecule has 0 aliphatic carbocycles. The Morgan fingerprint density at radius 2 is 2.00 bits per heavy atom. The van der Waals surface area contributed by atoms with Crippen LogP contribution < -0.4 is 10.1 Å². The van der Waals surface area contributed by atoms with Crippen molar-refractivity contribution in [1.82, 2.24) is 5.32 Å². The topological polar surface area (TPSA) is 21.3 Å². The van der Waals surface area contributed by atoms with E-state index in [2.05, 4.69) is 21.2 Å². The van der Waals surface area contributed by atoms with Crippen molar-refractivity contribution in [2.45, 2.75) is 13.0 Å². The molecule has 1 unspecified atom stereocenters. The first-order valence-corrected chi connectivity index (χ1v) is 7.30. The summed E-state index contributed by atoms with van der Waals surface area (Å²) in [5, 5.41) is 3.22. The summed E-state index contributed by atoms with van der Waals surface area (Å²) in [4.78, 5) is 0. The summed E-state index contributed by atoms with van der Waals surface area (Å²) in [6.45, 7) is 2.57. The molecule has 2 nitrogen and oxygen atoms in total. The largest absolute Gasteiger partial charge is 0.494 e. The molecule has 106 valence electrons. The second-order valence-corrected chi connectivity index (χ2v) is 5.16. The van der Waals surface area contributed by atoms with Crippen LogP contribution in [0.3, 0.4) is 0 Å². The van der Waals surface area contributed by atoms with Gasteiger partial charge >= 0.3 is 0 Å². The highest BCUT2D eigenvalue weighted by atomic mass is 79.9. The van der Waals surface area contributed by atoms with Crippen molar-refractivity contribution in [3.63, 3.8) is 0 Å². The molecule has 0 aliphatic rings. The van der Waals surface area contributed by atoms with Crippen molar-refractivity contribution in [1.29, 1.82) is 0 Å². The lowest BCUT2D eigenvalue weighted by Gasteiger charge is -2.19. The molecular formula is C16H17BrFNO. The Balaban J connectivity index is 2.41.